The third-order valence-electron chi connectivity index (χ3n) is 3.68. The Bertz CT molecular complexity index is 402. The van der Waals surface area contributed by atoms with Crippen molar-refractivity contribution in [1.82, 2.24) is 9.97 Å². The van der Waals surface area contributed by atoms with Gasteiger partial charge in [-0.05, 0) is 26.7 Å². The summed E-state index contributed by atoms with van der Waals surface area (Å²) < 4.78 is 0. The van der Waals surface area contributed by atoms with E-state index in [1.165, 1.54) is 0 Å². The van der Waals surface area contributed by atoms with Crippen LogP contribution in [0.15, 0.2) is 6.33 Å². The van der Waals surface area contributed by atoms with Crippen LogP contribution in [0.5, 0.6) is 0 Å². The van der Waals surface area contributed by atoms with Gasteiger partial charge in [0, 0.05) is 12.1 Å². The largest absolute Gasteiger partial charge is 0.394 e. The molecule has 5 heteroatoms. The van der Waals surface area contributed by atoms with Crippen LogP contribution in [-0.2, 0) is 0 Å². The molecule has 100 valence electrons. The molecule has 18 heavy (non-hydrogen) atoms. The van der Waals surface area contributed by atoms with E-state index in [9.17, 15) is 5.11 Å². The molecule has 1 aliphatic carbocycles. The van der Waals surface area contributed by atoms with Crippen LogP contribution in [0.25, 0.3) is 0 Å². The fraction of sp³-hybridized carbons (Fsp3) is 0.692. The lowest BCUT2D eigenvalue weighted by atomic mass is 9.98. The second-order valence-electron chi connectivity index (χ2n) is 5.00. The van der Waals surface area contributed by atoms with Crippen molar-refractivity contribution >= 4 is 11.6 Å². The number of nitrogens with zero attached hydrogens (tertiary/aromatic N) is 2. The number of hydrogen-bond donors (Lipinski definition) is 3. The highest BCUT2D eigenvalue weighted by atomic mass is 16.3. The third-order valence-corrected chi connectivity index (χ3v) is 3.68. The molecule has 1 saturated carbocycles. The van der Waals surface area contributed by atoms with Crippen molar-refractivity contribution in [3.05, 3.63) is 11.9 Å². The lowest BCUT2D eigenvalue weighted by Crippen LogP contribution is -2.39. The first-order valence-electron chi connectivity index (χ1n) is 6.65. The Balaban J connectivity index is 2.20. The molecule has 1 heterocycles. The van der Waals surface area contributed by atoms with Gasteiger partial charge >= 0.3 is 0 Å². The average molecular weight is 250 g/mol. The molecule has 2 rings (SSSR count). The Morgan fingerprint density at radius 2 is 1.94 bits per heavy atom. The summed E-state index contributed by atoms with van der Waals surface area (Å²) in [6.45, 7) is 5.04. The van der Waals surface area contributed by atoms with E-state index in [4.69, 9.17) is 0 Å². The van der Waals surface area contributed by atoms with E-state index in [0.717, 1.165) is 49.4 Å². The summed E-state index contributed by atoms with van der Waals surface area (Å²) in [5.74, 6) is 1.69. The number of aliphatic hydroxyl groups is 1. The molecule has 0 saturated heterocycles. The van der Waals surface area contributed by atoms with Crippen LogP contribution < -0.4 is 10.6 Å². The van der Waals surface area contributed by atoms with E-state index in [2.05, 4.69) is 20.6 Å². The average Bonchev–Trinajstić information content (AvgIpc) is 2.84. The Morgan fingerprint density at radius 3 is 2.56 bits per heavy atom. The van der Waals surface area contributed by atoms with Gasteiger partial charge in [-0.1, -0.05) is 12.8 Å². The van der Waals surface area contributed by atoms with Gasteiger partial charge in [0.25, 0.3) is 0 Å². The van der Waals surface area contributed by atoms with Crippen LogP contribution >= 0.6 is 0 Å². The van der Waals surface area contributed by atoms with Gasteiger partial charge in [-0.25, -0.2) is 9.97 Å². The highest BCUT2D eigenvalue weighted by molar-refractivity contribution is 5.57. The zero-order valence-corrected chi connectivity index (χ0v) is 11.2. The van der Waals surface area contributed by atoms with Crippen molar-refractivity contribution in [2.45, 2.75) is 45.1 Å². The molecule has 0 atom stereocenters. The highest BCUT2D eigenvalue weighted by Gasteiger charge is 2.33. The first-order valence-corrected chi connectivity index (χ1v) is 6.65. The molecule has 1 aromatic rings. The lowest BCUT2D eigenvalue weighted by molar-refractivity contribution is 0.213. The minimum absolute atomic E-state index is 0.160. The van der Waals surface area contributed by atoms with Crippen LogP contribution in [0.2, 0.25) is 0 Å². The zero-order valence-electron chi connectivity index (χ0n) is 11.2. The molecule has 0 unspecified atom stereocenters. The fourth-order valence-corrected chi connectivity index (χ4v) is 2.55. The molecule has 1 aromatic heterocycles. The number of nitrogens with one attached hydrogen (secondary N) is 2. The van der Waals surface area contributed by atoms with Gasteiger partial charge in [0.05, 0.1) is 12.1 Å². The van der Waals surface area contributed by atoms with Gasteiger partial charge in [0.1, 0.15) is 18.0 Å². The van der Waals surface area contributed by atoms with Crippen molar-refractivity contribution in [2.24, 2.45) is 0 Å². The number of hydrogen-bond acceptors (Lipinski definition) is 5. The van der Waals surface area contributed by atoms with E-state index in [1.54, 1.807) is 6.33 Å². The molecule has 0 aromatic carbocycles. The van der Waals surface area contributed by atoms with Crippen LogP contribution in [0.3, 0.4) is 0 Å². The van der Waals surface area contributed by atoms with Gasteiger partial charge in [0.2, 0.25) is 0 Å². The van der Waals surface area contributed by atoms with E-state index in [1.807, 2.05) is 13.8 Å². The second-order valence-corrected chi connectivity index (χ2v) is 5.00. The van der Waals surface area contributed by atoms with E-state index < -0.39 is 0 Å². The molecular formula is C13H22N4O. The molecule has 3 N–H and O–H groups in total. The minimum Gasteiger partial charge on any atom is -0.394 e. The quantitative estimate of drug-likeness (QED) is 0.745. The maximum atomic E-state index is 9.62. The van der Waals surface area contributed by atoms with Crippen molar-refractivity contribution in [3.8, 4) is 0 Å². The standard InChI is InChI=1S/C13H22N4O/c1-3-14-11-10(2)12(16-9-15-11)17-13(8-18)6-4-5-7-13/h9,18H,3-8H2,1-2H3,(H2,14,15,16,17). The molecular weight excluding hydrogens is 228 g/mol. The van der Waals surface area contributed by atoms with Crippen LogP contribution in [0, 0.1) is 6.92 Å². The Morgan fingerprint density at radius 1 is 1.28 bits per heavy atom. The van der Waals surface area contributed by atoms with Gasteiger partial charge in [-0.2, -0.15) is 0 Å². The first-order chi connectivity index (χ1) is 8.71. The summed E-state index contributed by atoms with van der Waals surface area (Å²) in [5.41, 5.74) is 0.821. The Kier molecular flexibility index (Phi) is 4.01. The Labute approximate surface area is 108 Å². The summed E-state index contributed by atoms with van der Waals surface area (Å²) in [6.07, 6.45) is 5.90. The SMILES string of the molecule is CCNc1ncnc(NC2(CO)CCCC2)c1C. The molecule has 0 amide bonds. The molecule has 1 fully saturated rings. The van der Waals surface area contributed by atoms with Crippen LogP contribution in [-0.4, -0.2) is 33.8 Å². The van der Waals surface area contributed by atoms with E-state index >= 15 is 0 Å². The van der Waals surface area contributed by atoms with Gasteiger partial charge in [-0.15, -0.1) is 0 Å². The molecule has 0 spiro atoms. The van der Waals surface area contributed by atoms with Gasteiger partial charge in [0.15, 0.2) is 0 Å². The van der Waals surface area contributed by atoms with Crippen molar-refractivity contribution in [2.75, 3.05) is 23.8 Å². The molecule has 0 aliphatic heterocycles. The predicted octanol–water partition coefficient (Wildman–Crippen LogP) is 1.93. The summed E-state index contributed by atoms with van der Waals surface area (Å²) in [5, 5.41) is 16.3. The number of rotatable bonds is 5. The first kappa shape index (κ1) is 13.1. The fourth-order valence-electron chi connectivity index (χ4n) is 2.55. The number of aliphatic hydroxyl groups excluding tert-OH is 1. The second kappa shape index (κ2) is 5.52. The minimum atomic E-state index is -0.192. The van der Waals surface area contributed by atoms with Crippen LogP contribution in [0.1, 0.15) is 38.2 Å². The van der Waals surface area contributed by atoms with E-state index in [0.29, 0.717) is 0 Å². The van der Waals surface area contributed by atoms with Gasteiger partial charge in [-0.3, -0.25) is 0 Å². The Hall–Kier alpha value is -1.36. The smallest absolute Gasteiger partial charge is 0.134 e. The normalized spacial score (nSPS) is 17.7. The van der Waals surface area contributed by atoms with Gasteiger partial charge < -0.3 is 15.7 Å². The summed E-state index contributed by atoms with van der Waals surface area (Å²) in [7, 11) is 0. The van der Waals surface area contributed by atoms with Crippen molar-refractivity contribution in [3.63, 3.8) is 0 Å². The summed E-state index contributed by atoms with van der Waals surface area (Å²) in [4.78, 5) is 8.53. The number of anilines is 2. The zero-order chi connectivity index (χ0) is 13.0. The molecule has 5 nitrogen and oxygen atoms in total. The van der Waals surface area contributed by atoms with Crippen molar-refractivity contribution in [1.29, 1.82) is 0 Å². The maximum absolute atomic E-state index is 9.62. The highest BCUT2D eigenvalue weighted by Crippen LogP contribution is 2.33. The molecule has 1 aliphatic rings. The summed E-state index contributed by atoms with van der Waals surface area (Å²) >= 11 is 0. The van der Waals surface area contributed by atoms with E-state index in [-0.39, 0.29) is 12.1 Å². The monoisotopic (exact) mass is 250 g/mol. The number of aromatic nitrogens is 2. The molecule has 0 radical (unpaired) electrons. The predicted molar refractivity (Wildman–Crippen MR) is 72.8 cm³/mol. The third kappa shape index (κ3) is 2.56. The molecule has 0 bridgehead atoms. The summed E-state index contributed by atoms with van der Waals surface area (Å²) in [6, 6.07) is 0. The van der Waals surface area contributed by atoms with Crippen molar-refractivity contribution < 1.29 is 5.11 Å². The topological polar surface area (TPSA) is 70.1 Å². The lowest BCUT2D eigenvalue weighted by Gasteiger charge is -2.29. The van der Waals surface area contributed by atoms with Crippen LogP contribution in [0.4, 0.5) is 11.6 Å². The maximum Gasteiger partial charge on any atom is 0.134 e.